The Morgan fingerprint density at radius 2 is 1.44 bits per heavy atom. The SMILES string of the molecule is O=C(OC(C(F)(F)F)C(F)(F)F)N1CCC2(CCCN2Cc2ccccc2C(F)(F)F)CC1.O=C=O. The average Bonchev–Trinajstić information content (AvgIpc) is 3.12. The third-order valence-electron chi connectivity index (χ3n) is 6.19. The molecule has 15 heteroatoms. The molecule has 0 N–H and O–H groups in total. The summed E-state index contributed by atoms with van der Waals surface area (Å²) in [7, 11) is 0. The van der Waals surface area contributed by atoms with Crippen molar-refractivity contribution in [3.63, 3.8) is 0 Å². The molecule has 0 atom stereocenters. The molecule has 2 aliphatic heterocycles. The molecule has 0 aliphatic carbocycles. The first-order valence-electron chi connectivity index (χ1n) is 10.5. The molecule has 1 aromatic carbocycles. The molecular weight excluding hydrogens is 515 g/mol. The van der Waals surface area contributed by atoms with Crippen molar-refractivity contribution in [3.8, 4) is 0 Å². The van der Waals surface area contributed by atoms with Gasteiger partial charge in [-0.2, -0.15) is 49.1 Å². The molecule has 2 heterocycles. The monoisotopic (exact) mass is 536 g/mol. The maximum absolute atomic E-state index is 13.3. The number of piperidine rings is 1. The molecule has 1 amide bonds. The Hall–Kier alpha value is -2.80. The smallest absolute Gasteiger partial charge is 0.426 e. The number of likely N-dealkylation sites (tertiary alicyclic amines) is 2. The number of rotatable bonds is 3. The van der Waals surface area contributed by atoms with Crippen LogP contribution in [0, 0.1) is 0 Å². The zero-order chi connectivity index (χ0) is 27.4. The first kappa shape index (κ1) is 29.4. The number of nitrogens with zero attached hydrogens (tertiary/aromatic N) is 2. The van der Waals surface area contributed by atoms with Gasteiger partial charge in [0.2, 0.25) is 0 Å². The third-order valence-corrected chi connectivity index (χ3v) is 6.19. The maximum Gasteiger partial charge on any atom is 0.434 e. The lowest BCUT2D eigenvalue weighted by Crippen LogP contribution is -2.54. The summed E-state index contributed by atoms with van der Waals surface area (Å²) in [5, 5.41) is 0. The largest absolute Gasteiger partial charge is 0.434 e. The molecule has 1 spiro atoms. The summed E-state index contributed by atoms with van der Waals surface area (Å²) in [5.74, 6) is 0. The van der Waals surface area contributed by atoms with E-state index in [1.165, 1.54) is 18.2 Å². The van der Waals surface area contributed by atoms with Crippen molar-refractivity contribution in [1.82, 2.24) is 9.80 Å². The highest BCUT2D eigenvalue weighted by molar-refractivity contribution is 5.68. The first-order valence-corrected chi connectivity index (χ1v) is 10.5. The molecule has 36 heavy (non-hydrogen) atoms. The lowest BCUT2D eigenvalue weighted by atomic mass is 9.84. The molecule has 2 aliphatic rings. The quantitative estimate of drug-likeness (QED) is 0.498. The van der Waals surface area contributed by atoms with E-state index in [1.807, 2.05) is 4.90 Å². The van der Waals surface area contributed by atoms with Crippen molar-refractivity contribution in [2.45, 2.75) is 62.4 Å². The van der Waals surface area contributed by atoms with Crippen molar-refractivity contribution >= 4 is 12.2 Å². The minimum absolute atomic E-state index is 0.00957. The highest BCUT2D eigenvalue weighted by atomic mass is 19.4. The third kappa shape index (κ3) is 7.12. The van der Waals surface area contributed by atoms with Crippen LogP contribution in [0.2, 0.25) is 0 Å². The van der Waals surface area contributed by atoms with Gasteiger partial charge in [0.25, 0.3) is 6.10 Å². The molecule has 0 aromatic heterocycles. The summed E-state index contributed by atoms with van der Waals surface area (Å²) >= 11 is 0. The fourth-order valence-electron chi connectivity index (χ4n) is 4.55. The zero-order valence-corrected chi connectivity index (χ0v) is 18.5. The van der Waals surface area contributed by atoms with Crippen LogP contribution in [0.5, 0.6) is 0 Å². The minimum atomic E-state index is -5.81. The van der Waals surface area contributed by atoms with E-state index in [4.69, 9.17) is 9.59 Å². The molecule has 6 nitrogen and oxygen atoms in total. The molecule has 2 saturated heterocycles. The standard InChI is InChI=1S/C20H21F9N2O2.CO2/c21-18(22,23)14-5-2-1-4-13(14)12-31-9-3-6-17(31)7-10-30(11-8-17)16(32)33-15(19(24,25)26)20(27,28)29;2-1-3/h1-2,4-5,15H,3,6-12H2;. The number of halogens is 9. The number of hydrogen-bond donors (Lipinski definition) is 0. The Balaban J connectivity index is 0.00000145. The van der Waals surface area contributed by atoms with Crippen molar-refractivity contribution < 1.29 is 58.6 Å². The van der Waals surface area contributed by atoms with Gasteiger partial charge in [-0.25, -0.2) is 4.79 Å². The number of alkyl halides is 9. The Kier molecular flexibility index (Phi) is 9.05. The lowest BCUT2D eigenvalue weighted by molar-refractivity contribution is -0.308. The summed E-state index contributed by atoms with van der Waals surface area (Å²) in [6, 6.07) is 5.12. The number of benzene rings is 1. The Morgan fingerprint density at radius 3 is 1.94 bits per heavy atom. The number of hydrogen-bond acceptors (Lipinski definition) is 5. The number of carbonyl (C=O) groups is 1. The van der Waals surface area contributed by atoms with Gasteiger partial charge in [0.1, 0.15) is 0 Å². The van der Waals surface area contributed by atoms with Crippen LogP contribution in [0.3, 0.4) is 0 Å². The Bertz CT molecular complexity index is 919. The van der Waals surface area contributed by atoms with E-state index < -0.39 is 41.8 Å². The van der Waals surface area contributed by atoms with Crippen molar-refractivity contribution in [2.75, 3.05) is 19.6 Å². The highest BCUT2D eigenvalue weighted by Crippen LogP contribution is 2.42. The predicted octanol–water partition coefficient (Wildman–Crippen LogP) is 5.18. The number of carbonyl (C=O) groups excluding carboxylic acids is 3. The second kappa shape index (κ2) is 11.1. The molecule has 1 aromatic rings. The van der Waals surface area contributed by atoms with E-state index in [2.05, 4.69) is 4.74 Å². The normalized spacial score (nSPS) is 18.6. The highest BCUT2D eigenvalue weighted by Gasteiger charge is 2.60. The van der Waals surface area contributed by atoms with E-state index in [1.54, 1.807) is 0 Å². The maximum atomic E-state index is 13.3. The number of ether oxygens (including phenoxy) is 1. The molecule has 0 saturated carbocycles. The van der Waals surface area contributed by atoms with Crippen LogP contribution < -0.4 is 0 Å². The van der Waals surface area contributed by atoms with Gasteiger partial charge in [-0.05, 0) is 43.9 Å². The second-order valence-corrected chi connectivity index (χ2v) is 8.32. The fraction of sp³-hybridized carbons (Fsp3) is 0.619. The molecule has 0 bridgehead atoms. The van der Waals surface area contributed by atoms with Gasteiger partial charge >= 0.3 is 30.8 Å². The van der Waals surface area contributed by atoms with Crippen molar-refractivity contribution in [3.05, 3.63) is 35.4 Å². The van der Waals surface area contributed by atoms with Gasteiger partial charge in [0.05, 0.1) is 5.56 Å². The second-order valence-electron chi connectivity index (χ2n) is 8.32. The lowest BCUT2D eigenvalue weighted by Gasteiger charge is -2.45. The van der Waals surface area contributed by atoms with Crippen LogP contribution in [0.25, 0.3) is 0 Å². The predicted molar refractivity (Wildman–Crippen MR) is 102 cm³/mol. The minimum Gasteiger partial charge on any atom is -0.426 e. The molecule has 0 unspecified atom stereocenters. The molecular formula is C21H21F9N2O4. The summed E-state index contributed by atoms with van der Waals surface area (Å²) in [5.41, 5.74) is -1.28. The first-order chi connectivity index (χ1) is 16.5. The summed E-state index contributed by atoms with van der Waals surface area (Å²) in [6.45, 7) is 0.141. The molecule has 3 rings (SSSR count). The van der Waals surface area contributed by atoms with E-state index in [0.717, 1.165) is 11.0 Å². The van der Waals surface area contributed by atoms with E-state index in [0.29, 0.717) is 19.4 Å². The van der Waals surface area contributed by atoms with Crippen LogP contribution >= 0.6 is 0 Å². The van der Waals surface area contributed by atoms with E-state index in [-0.39, 0.29) is 44.2 Å². The Morgan fingerprint density at radius 1 is 0.917 bits per heavy atom. The van der Waals surface area contributed by atoms with Crippen LogP contribution in [0.15, 0.2) is 24.3 Å². The van der Waals surface area contributed by atoms with Gasteiger partial charge in [0.15, 0.2) is 0 Å². The van der Waals surface area contributed by atoms with Gasteiger partial charge < -0.3 is 9.64 Å². The van der Waals surface area contributed by atoms with Crippen molar-refractivity contribution in [2.24, 2.45) is 0 Å². The summed E-state index contributed by atoms with van der Waals surface area (Å²) in [6.07, 6.45) is -20.2. The van der Waals surface area contributed by atoms with Crippen LogP contribution in [0.1, 0.15) is 36.8 Å². The van der Waals surface area contributed by atoms with Crippen molar-refractivity contribution in [1.29, 1.82) is 0 Å². The summed E-state index contributed by atoms with van der Waals surface area (Å²) < 4.78 is 120. The molecule has 202 valence electrons. The number of amides is 1. The van der Waals surface area contributed by atoms with E-state index in [9.17, 15) is 44.3 Å². The van der Waals surface area contributed by atoms with Gasteiger partial charge in [-0.3, -0.25) is 4.90 Å². The average molecular weight is 536 g/mol. The Labute approximate surface area is 199 Å². The van der Waals surface area contributed by atoms with Crippen LogP contribution in [-0.4, -0.2) is 65.7 Å². The fourth-order valence-corrected chi connectivity index (χ4v) is 4.55. The topological polar surface area (TPSA) is 66.9 Å². The van der Waals surface area contributed by atoms with Crippen LogP contribution in [-0.2, 0) is 27.0 Å². The van der Waals surface area contributed by atoms with Crippen LogP contribution in [0.4, 0.5) is 44.3 Å². The van der Waals surface area contributed by atoms with E-state index >= 15 is 0 Å². The zero-order valence-electron chi connectivity index (χ0n) is 18.5. The molecule has 2 fully saturated rings. The van der Waals surface area contributed by atoms with Gasteiger partial charge in [-0.1, -0.05) is 18.2 Å². The van der Waals surface area contributed by atoms with Gasteiger partial charge in [0, 0.05) is 25.2 Å². The van der Waals surface area contributed by atoms with Gasteiger partial charge in [-0.15, -0.1) is 0 Å². The molecule has 0 radical (unpaired) electrons. The summed E-state index contributed by atoms with van der Waals surface area (Å²) in [4.78, 5) is 30.9.